The van der Waals surface area contributed by atoms with Gasteiger partial charge in [-0.25, -0.2) is 9.97 Å². The summed E-state index contributed by atoms with van der Waals surface area (Å²) in [5.74, 6) is 1.76. The van der Waals surface area contributed by atoms with E-state index in [2.05, 4.69) is 75.8 Å². The van der Waals surface area contributed by atoms with Crippen LogP contribution in [0.2, 0.25) is 0 Å². The standard InChI is InChI=1S/C20H21N5/c1-14-4-7-16(8-5-14)19-17(12-23-20-21-10-3-11-22-20)25-13-15(2)6-9-18(25)24-19/h3-11,24H,12-13H2,1-2H3,(H,21,22,23). The molecule has 0 spiro atoms. The lowest BCUT2D eigenvalue weighted by atomic mass is 10.1. The molecule has 0 unspecified atom stereocenters. The molecule has 1 aromatic carbocycles. The molecule has 126 valence electrons. The van der Waals surface area contributed by atoms with Crippen LogP contribution in [0.25, 0.3) is 5.70 Å². The zero-order valence-corrected chi connectivity index (χ0v) is 14.5. The molecule has 0 aliphatic carbocycles. The molecule has 2 aromatic rings. The van der Waals surface area contributed by atoms with Crippen molar-refractivity contribution in [2.45, 2.75) is 13.8 Å². The van der Waals surface area contributed by atoms with Crippen LogP contribution >= 0.6 is 0 Å². The van der Waals surface area contributed by atoms with Crippen molar-refractivity contribution in [3.8, 4) is 0 Å². The number of nitrogens with zero attached hydrogens (tertiary/aromatic N) is 3. The number of benzene rings is 1. The van der Waals surface area contributed by atoms with Crippen molar-refractivity contribution in [3.63, 3.8) is 0 Å². The van der Waals surface area contributed by atoms with E-state index >= 15 is 0 Å². The largest absolute Gasteiger partial charge is 0.349 e. The molecule has 0 fully saturated rings. The van der Waals surface area contributed by atoms with Crippen LogP contribution in [0.15, 0.2) is 72.0 Å². The Kier molecular flexibility index (Phi) is 3.98. The van der Waals surface area contributed by atoms with Crippen LogP contribution in [-0.2, 0) is 0 Å². The Bertz CT molecular complexity index is 863. The van der Waals surface area contributed by atoms with Crippen molar-refractivity contribution < 1.29 is 0 Å². The second kappa shape index (κ2) is 6.43. The van der Waals surface area contributed by atoms with E-state index in [0.29, 0.717) is 12.5 Å². The third-order valence-electron chi connectivity index (χ3n) is 4.41. The van der Waals surface area contributed by atoms with E-state index in [1.54, 1.807) is 12.4 Å². The summed E-state index contributed by atoms with van der Waals surface area (Å²) in [5.41, 5.74) is 6.12. The summed E-state index contributed by atoms with van der Waals surface area (Å²) < 4.78 is 0. The molecular weight excluding hydrogens is 310 g/mol. The molecule has 25 heavy (non-hydrogen) atoms. The van der Waals surface area contributed by atoms with Crippen LogP contribution in [0.4, 0.5) is 5.95 Å². The van der Waals surface area contributed by atoms with Gasteiger partial charge in [0, 0.05) is 18.9 Å². The minimum Gasteiger partial charge on any atom is -0.349 e. The number of nitrogens with one attached hydrogen (secondary N) is 2. The minimum absolute atomic E-state index is 0.639. The lowest BCUT2D eigenvalue weighted by Gasteiger charge is -2.26. The Balaban J connectivity index is 1.67. The van der Waals surface area contributed by atoms with Crippen molar-refractivity contribution in [2.24, 2.45) is 0 Å². The molecule has 2 aliphatic rings. The van der Waals surface area contributed by atoms with Crippen LogP contribution in [0.5, 0.6) is 0 Å². The number of aryl methyl sites for hydroxylation is 1. The molecule has 1 aromatic heterocycles. The molecule has 5 nitrogen and oxygen atoms in total. The molecule has 2 N–H and O–H groups in total. The monoisotopic (exact) mass is 331 g/mol. The van der Waals surface area contributed by atoms with Crippen molar-refractivity contribution in [3.05, 3.63) is 83.1 Å². The first-order valence-electron chi connectivity index (χ1n) is 8.44. The number of aromatic nitrogens is 2. The van der Waals surface area contributed by atoms with Crippen molar-refractivity contribution in [2.75, 3.05) is 18.4 Å². The van der Waals surface area contributed by atoms with Crippen LogP contribution in [-0.4, -0.2) is 28.0 Å². The summed E-state index contributed by atoms with van der Waals surface area (Å²) in [4.78, 5) is 10.8. The zero-order chi connectivity index (χ0) is 17.2. The average Bonchev–Trinajstić information content (AvgIpc) is 2.99. The van der Waals surface area contributed by atoms with Gasteiger partial charge in [-0.05, 0) is 31.6 Å². The SMILES string of the molecule is CC1=CC=C2NC(c3ccc(C)cc3)=C(CNc3ncccn3)N2C1. The van der Waals surface area contributed by atoms with Gasteiger partial charge >= 0.3 is 0 Å². The highest BCUT2D eigenvalue weighted by Crippen LogP contribution is 2.32. The Morgan fingerprint density at radius 1 is 1.08 bits per heavy atom. The smallest absolute Gasteiger partial charge is 0.222 e. The molecular formula is C20H21N5. The first-order valence-corrected chi connectivity index (χ1v) is 8.44. The topological polar surface area (TPSA) is 53.1 Å². The summed E-state index contributed by atoms with van der Waals surface area (Å²) in [6, 6.07) is 10.4. The number of rotatable bonds is 4. The summed E-state index contributed by atoms with van der Waals surface area (Å²) in [7, 11) is 0. The van der Waals surface area contributed by atoms with Gasteiger partial charge in [-0.15, -0.1) is 0 Å². The van der Waals surface area contributed by atoms with Crippen LogP contribution < -0.4 is 10.6 Å². The molecule has 0 atom stereocenters. The highest BCUT2D eigenvalue weighted by Gasteiger charge is 2.28. The summed E-state index contributed by atoms with van der Waals surface area (Å²) >= 11 is 0. The quantitative estimate of drug-likeness (QED) is 0.900. The molecule has 3 heterocycles. The maximum atomic E-state index is 4.26. The lowest BCUT2D eigenvalue weighted by Crippen LogP contribution is -2.28. The number of hydrogen-bond donors (Lipinski definition) is 2. The minimum atomic E-state index is 0.639. The normalized spacial score (nSPS) is 16.2. The van der Waals surface area contributed by atoms with E-state index in [4.69, 9.17) is 0 Å². The lowest BCUT2D eigenvalue weighted by molar-refractivity contribution is 0.459. The zero-order valence-electron chi connectivity index (χ0n) is 14.5. The fraction of sp³-hybridized carbons (Fsp3) is 0.200. The van der Waals surface area contributed by atoms with E-state index < -0.39 is 0 Å². The van der Waals surface area contributed by atoms with Gasteiger partial charge in [-0.1, -0.05) is 41.5 Å². The van der Waals surface area contributed by atoms with Crippen molar-refractivity contribution >= 4 is 11.6 Å². The predicted molar refractivity (Wildman–Crippen MR) is 100 cm³/mol. The highest BCUT2D eigenvalue weighted by atomic mass is 15.3. The third-order valence-corrected chi connectivity index (χ3v) is 4.41. The average molecular weight is 331 g/mol. The van der Waals surface area contributed by atoms with Gasteiger partial charge in [0.15, 0.2) is 0 Å². The molecule has 0 amide bonds. The van der Waals surface area contributed by atoms with E-state index in [-0.39, 0.29) is 0 Å². The van der Waals surface area contributed by atoms with Gasteiger partial charge in [0.25, 0.3) is 0 Å². The maximum Gasteiger partial charge on any atom is 0.222 e. The predicted octanol–water partition coefficient (Wildman–Crippen LogP) is 3.27. The van der Waals surface area contributed by atoms with Gasteiger partial charge in [0.1, 0.15) is 5.82 Å². The fourth-order valence-corrected chi connectivity index (χ4v) is 3.08. The van der Waals surface area contributed by atoms with E-state index in [1.165, 1.54) is 22.4 Å². The van der Waals surface area contributed by atoms with Crippen molar-refractivity contribution in [1.82, 2.24) is 20.2 Å². The van der Waals surface area contributed by atoms with Gasteiger partial charge in [-0.3, -0.25) is 0 Å². The Morgan fingerprint density at radius 2 is 1.84 bits per heavy atom. The highest BCUT2D eigenvalue weighted by molar-refractivity contribution is 5.72. The fourth-order valence-electron chi connectivity index (χ4n) is 3.08. The second-order valence-electron chi connectivity index (χ2n) is 6.39. The van der Waals surface area contributed by atoms with Gasteiger partial charge in [0.05, 0.1) is 17.9 Å². The van der Waals surface area contributed by atoms with E-state index in [0.717, 1.165) is 18.1 Å². The van der Waals surface area contributed by atoms with Crippen LogP contribution in [0.1, 0.15) is 18.1 Å². The van der Waals surface area contributed by atoms with Gasteiger partial charge in [0.2, 0.25) is 5.95 Å². The van der Waals surface area contributed by atoms with Gasteiger partial charge < -0.3 is 15.5 Å². The van der Waals surface area contributed by atoms with Crippen molar-refractivity contribution in [1.29, 1.82) is 0 Å². The Hall–Kier alpha value is -3.08. The number of hydrogen-bond acceptors (Lipinski definition) is 5. The molecule has 0 saturated carbocycles. The molecule has 4 rings (SSSR count). The molecule has 0 bridgehead atoms. The number of anilines is 1. The van der Waals surface area contributed by atoms with Gasteiger partial charge in [-0.2, -0.15) is 0 Å². The van der Waals surface area contributed by atoms with E-state index in [1.807, 2.05) is 6.07 Å². The summed E-state index contributed by atoms with van der Waals surface area (Å²) in [6.45, 7) is 5.81. The number of fused-ring (bicyclic) bond motifs is 1. The maximum absolute atomic E-state index is 4.26. The van der Waals surface area contributed by atoms with Crippen LogP contribution in [0, 0.1) is 6.92 Å². The Labute approximate surface area is 147 Å². The second-order valence-corrected chi connectivity index (χ2v) is 6.39. The summed E-state index contributed by atoms with van der Waals surface area (Å²) in [6.07, 6.45) is 7.80. The third kappa shape index (κ3) is 3.13. The first kappa shape index (κ1) is 15.4. The first-order chi connectivity index (χ1) is 12.2. The summed E-state index contributed by atoms with van der Waals surface area (Å²) in [5, 5.41) is 6.91. The van der Waals surface area contributed by atoms with E-state index in [9.17, 15) is 0 Å². The van der Waals surface area contributed by atoms with Crippen LogP contribution in [0.3, 0.4) is 0 Å². The number of allylic oxidation sites excluding steroid dienone is 2. The molecule has 0 radical (unpaired) electrons. The molecule has 2 aliphatic heterocycles. The molecule has 0 saturated heterocycles. The molecule has 5 heteroatoms. The Morgan fingerprint density at radius 3 is 2.60 bits per heavy atom.